The van der Waals surface area contributed by atoms with Crippen LogP contribution in [0.25, 0.3) is 0 Å². The number of methoxy groups -OCH3 is 1. The van der Waals surface area contributed by atoms with Crippen LogP contribution in [0.15, 0.2) is 0 Å². The fraction of sp³-hybridized carbons (Fsp3) is 1.00. The molecule has 2 unspecified atom stereocenters. The van der Waals surface area contributed by atoms with Gasteiger partial charge >= 0.3 is 0 Å². The van der Waals surface area contributed by atoms with E-state index in [2.05, 4.69) is 11.9 Å². The summed E-state index contributed by atoms with van der Waals surface area (Å²) >= 11 is 0. The molecule has 0 aromatic heterocycles. The summed E-state index contributed by atoms with van der Waals surface area (Å²) in [6.07, 6.45) is 2.36. The molecule has 0 aromatic rings. The molecule has 88 valence electrons. The molecule has 0 aromatic carbocycles. The molecular weight excluding hydrogens is 194 g/mol. The van der Waals surface area contributed by atoms with Crippen LogP contribution in [0.5, 0.6) is 0 Å². The van der Waals surface area contributed by atoms with Crippen LogP contribution in [0.2, 0.25) is 0 Å². The number of piperidine rings is 1. The lowest BCUT2D eigenvalue weighted by molar-refractivity contribution is -0.140. The molecule has 0 spiro atoms. The molecule has 2 atom stereocenters. The maximum atomic E-state index is 10.5. The van der Waals surface area contributed by atoms with Crippen molar-refractivity contribution in [2.45, 2.75) is 36.9 Å². The zero-order valence-electron chi connectivity index (χ0n) is 9.61. The molecule has 0 aliphatic carbocycles. The van der Waals surface area contributed by atoms with Crippen molar-refractivity contribution >= 4 is 0 Å². The molecule has 2 fully saturated rings. The van der Waals surface area contributed by atoms with Gasteiger partial charge in [0, 0.05) is 25.8 Å². The van der Waals surface area contributed by atoms with Crippen molar-refractivity contribution in [2.24, 2.45) is 0 Å². The van der Waals surface area contributed by atoms with Crippen LogP contribution in [0.4, 0.5) is 0 Å². The summed E-state index contributed by atoms with van der Waals surface area (Å²) in [7, 11) is 3.82. The fourth-order valence-corrected chi connectivity index (χ4v) is 2.74. The molecule has 15 heavy (non-hydrogen) atoms. The first-order chi connectivity index (χ1) is 7.14. The maximum absolute atomic E-state index is 10.5. The smallest absolute Gasteiger partial charge is 0.0701 e. The van der Waals surface area contributed by atoms with Gasteiger partial charge in [-0.05, 0) is 26.3 Å². The Morgan fingerprint density at radius 3 is 2.53 bits per heavy atom. The van der Waals surface area contributed by atoms with Crippen LogP contribution in [-0.2, 0) is 9.47 Å². The molecule has 2 aliphatic heterocycles. The number of likely N-dealkylation sites (N-methyl/N-ethyl adjacent to an activating group) is 1. The maximum Gasteiger partial charge on any atom is 0.0701 e. The highest BCUT2D eigenvalue weighted by Gasteiger charge is 2.44. The van der Waals surface area contributed by atoms with Gasteiger partial charge in [-0.2, -0.15) is 0 Å². The van der Waals surface area contributed by atoms with E-state index >= 15 is 0 Å². The Bertz CT molecular complexity index is 208. The Balaban J connectivity index is 1.99. The second kappa shape index (κ2) is 4.37. The van der Waals surface area contributed by atoms with Crippen LogP contribution in [0.3, 0.4) is 0 Å². The molecule has 0 amide bonds. The van der Waals surface area contributed by atoms with E-state index in [1.807, 2.05) is 0 Å². The molecule has 2 aliphatic rings. The van der Waals surface area contributed by atoms with Crippen LogP contribution < -0.4 is 0 Å². The highest BCUT2D eigenvalue weighted by atomic mass is 16.5. The van der Waals surface area contributed by atoms with Gasteiger partial charge < -0.3 is 14.6 Å². The van der Waals surface area contributed by atoms with E-state index in [1.54, 1.807) is 7.11 Å². The summed E-state index contributed by atoms with van der Waals surface area (Å²) in [5.41, 5.74) is -0.540. The van der Waals surface area contributed by atoms with Crippen molar-refractivity contribution in [3.63, 3.8) is 0 Å². The lowest BCUT2D eigenvalue weighted by Crippen LogP contribution is -2.60. The standard InChI is InChI=1S/C11H21NO3/c1-12-9-5-11(13,3-4-14-2)6-10(12)8-15-7-9/h9-10,13H,3-8H2,1-2H3. The predicted molar refractivity (Wildman–Crippen MR) is 56.8 cm³/mol. The quantitative estimate of drug-likeness (QED) is 0.732. The van der Waals surface area contributed by atoms with Gasteiger partial charge in [0.05, 0.1) is 18.8 Å². The molecule has 2 bridgehead atoms. The van der Waals surface area contributed by atoms with Crippen LogP contribution in [0, 0.1) is 0 Å². The largest absolute Gasteiger partial charge is 0.390 e. The topological polar surface area (TPSA) is 41.9 Å². The van der Waals surface area contributed by atoms with Crippen LogP contribution in [-0.4, -0.2) is 61.7 Å². The van der Waals surface area contributed by atoms with E-state index in [9.17, 15) is 5.11 Å². The summed E-state index contributed by atoms with van der Waals surface area (Å²) < 4.78 is 10.6. The number of morpholine rings is 1. The van der Waals surface area contributed by atoms with Gasteiger partial charge in [-0.3, -0.25) is 4.90 Å². The highest BCUT2D eigenvalue weighted by molar-refractivity contribution is 4.97. The van der Waals surface area contributed by atoms with Gasteiger partial charge in [0.25, 0.3) is 0 Å². The molecule has 2 heterocycles. The van der Waals surface area contributed by atoms with Gasteiger partial charge in [0.1, 0.15) is 0 Å². The molecule has 0 saturated carbocycles. The number of rotatable bonds is 3. The van der Waals surface area contributed by atoms with E-state index in [-0.39, 0.29) is 0 Å². The minimum absolute atomic E-state index is 0.374. The van der Waals surface area contributed by atoms with E-state index in [0.717, 1.165) is 32.5 Å². The summed E-state index contributed by atoms with van der Waals surface area (Å²) in [5.74, 6) is 0. The Kier molecular flexibility index (Phi) is 3.30. The SMILES string of the molecule is COCCC1(O)CC2COCC(C1)N2C. The van der Waals surface area contributed by atoms with Crippen molar-refractivity contribution in [1.29, 1.82) is 0 Å². The van der Waals surface area contributed by atoms with E-state index < -0.39 is 5.60 Å². The zero-order chi connectivity index (χ0) is 10.9. The molecule has 0 radical (unpaired) electrons. The molecule has 1 N–H and O–H groups in total. The third-order valence-corrected chi connectivity index (χ3v) is 3.78. The third-order valence-electron chi connectivity index (χ3n) is 3.78. The summed E-state index contributed by atoms with van der Waals surface area (Å²) in [5, 5.41) is 10.5. The fourth-order valence-electron chi connectivity index (χ4n) is 2.74. The van der Waals surface area contributed by atoms with Gasteiger partial charge in [-0.25, -0.2) is 0 Å². The monoisotopic (exact) mass is 215 g/mol. The summed E-state index contributed by atoms with van der Waals surface area (Å²) in [6, 6.07) is 0.749. The number of fused-ring (bicyclic) bond motifs is 2. The second-order valence-corrected chi connectivity index (χ2v) is 4.89. The van der Waals surface area contributed by atoms with Crippen molar-refractivity contribution in [1.82, 2.24) is 4.90 Å². The summed E-state index contributed by atoms with van der Waals surface area (Å²) in [6.45, 7) is 2.14. The average Bonchev–Trinajstić information content (AvgIpc) is 2.18. The van der Waals surface area contributed by atoms with E-state index in [1.165, 1.54) is 0 Å². The minimum atomic E-state index is -0.540. The van der Waals surface area contributed by atoms with Crippen molar-refractivity contribution in [3.8, 4) is 0 Å². The molecular formula is C11H21NO3. The molecule has 2 saturated heterocycles. The Morgan fingerprint density at radius 2 is 2.00 bits per heavy atom. The Hall–Kier alpha value is -0.160. The Morgan fingerprint density at radius 1 is 1.40 bits per heavy atom. The molecule has 4 nitrogen and oxygen atoms in total. The third kappa shape index (κ3) is 2.33. The number of hydrogen-bond acceptors (Lipinski definition) is 4. The minimum Gasteiger partial charge on any atom is -0.390 e. The van der Waals surface area contributed by atoms with Gasteiger partial charge in [0.15, 0.2) is 0 Å². The van der Waals surface area contributed by atoms with Gasteiger partial charge in [0.2, 0.25) is 0 Å². The number of hydrogen-bond donors (Lipinski definition) is 1. The first kappa shape index (κ1) is 11.3. The number of aliphatic hydroxyl groups is 1. The highest BCUT2D eigenvalue weighted by Crippen LogP contribution is 2.35. The predicted octanol–water partition coefficient (Wildman–Crippen LogP) is 0.247. The average molecular weight is 215 g/mol. The molecule has 2 rings (SSSR count). The van der Waals surface area contributed by atoms with E-state index in [0.29, 0.717) is 18.7 Å². The number of ether oxygens (including phenoxy) is 2. The van der Waals surface area contributed by atoms with Crippen LogP contribution >= 0.6 is 0 Å². The van der Waals surface area contributed by atoms with Crippen LogP contribution in [0.1, 0.15) is 19.3 Å². The van der Waals surface area contributed by atoms with E-state index in [4.69, 9.17) is 9.47 Å². The first-order valence-corrected chi connectivity index (χ1v) is 5.66. The van der Waals surface area contributed by atoms with Crippen molar-refractivity contribution in [3.05, 3.63) is 0 Å². The van der Waals surface area contributed by atoms with Crippen molar-refractivity contribution in [2.75, 3.05) is 34.0 Å². The Labute approximate surface area is 91.2 Å². The lowest BCUT2D eigenvalue weighted by atomic mass is 9.80. The van der Waals surface area contributed by atoms with Gasteiger partial charge in [-0.15, -0.1) is 0 Å². The lowest BCUT2D eigenvalue weighted by Gasteiger charge is -2.50. The van der Waals surface area contributed by atoms with Gasteiger partial charge in [-0.1, -0.05) is 0 Å². The molecule has 4 heteroatoms. The summed E-state index contributed by atoms with van der Waals surface area (Å²) in [4.78, 5) is 2.35. The normalized spacial score (nSPS) is 41.8. The number of nitrogens with zero attached hydrogens (tertiary/aromatic N) is 1. The first-order valence-electron chi connectivity index (χ1n) is 5.66. The second-order valence-electron chi connectivity index (χ2n) is 4.89. The zero-order valence-corrected chi connectivity index (χ0v) is 9.61. The van der Waals surface area contributed by atoms with Crippen molar-refractivity contribution < 1.29 is 14.6 Å².